The van der Waals surface area contributed by atoms with Crippen LogP contribution in [-0.2, 0) is 16.4 Å². The van der Waals surface area contributed by atoms with E-state index < -0.39 is 16.4 Å². The summed E-state index contributed by atoms with van der Waals surface area (Å²) in [7, 11) is 0. The Morgan fingerprint density at radius 1 is 0.373 bits per heavy atom. The Hall–Kier alpha value is -10.5. The number of hydrogen-bond acceptors (Lipinski definition) is 2. The molecule has 0 saturated carbocycles. The molecule has 0 aromatic heterocycles. The molecule has 3 aliphatic carbocycles. The lowest BCUT2D eigenvalue weighted by Gasteiger charge is -2.36. The first-order valence-corrected chi connectivity index (χ1v) is 28.8. The van der Waals surface area contributed by atoms with Crippen LogP contribution in [-0.4, -0.2) is 6.61 Å². The van der Waals surface area contributed by atoms with Crippen LogP contribution in [0.25, 0.3) is 82.4 Å². The van der Waals surface area contributed by atoms with Gasteiger partial charge in [-0.1, -0.05) is 236 Å². The number of allylic oxidation sites excluding steroid dienone is 1. The second-order valence-electron chi connectivity index (χ2n) is 22.9. The lowest BCUT2D eigenvalue weighted by molar-refractivity contribution is 0.165. The van der Waals surface area contributed by atoms with E-state index in [1.165, 1.54) is 116 Å². The molecular formula is C81H52O2. The van der Waals surface area contributed by atoms with Crippen LogP contribution in [0.3, 0.4) is 0 Å². The fourth-order valence-corrected chi connectivity index (χ4v) is 15.4. The molecule has 0 fully saturated rings. The summed E-state index contributed by atoms with van der Waals surface area (Å²) in [5.41, 5.74) is 22.7. The number of benzene rings is 13. The molecule has 13 aromatic carbocycles. The molecule has 0 radical (unpaired) electrons. The van der Waals surface area contributed by atoms with E-state index in [0.29, 0.717) is 0 Å². The summed E-state index contributed by atoms with van der Waals surface area (Å²) in [6, 6.07) is 102. The van der Waals surface area contributed by atoms with Crippen LogP contribution >= 0.6 is 0 Å². The van der Waals surface area contributed by atoms with Gasteiger partial charge in [-0.3, -0.25) is 0 Å². The smallest absolute Gasteiger partial charge is 0.179 e. The van der Waals surface area contributed by atoms with Crippen molar-refractivity contribution in [1.82, 2.24) is 0 Å². The lowest BCUT2D eigenvalue weighted by atomic mass is 9.67. The molecule has 17 rings (SSSR count). The molecule has 1 unspecified atom stereocenters. The molecule has 0 N–H and O–H groups in total. The first-order chi connectivity index (χ1) is 40.9. The van der Waals surface area contributed by atoms with E-state index >= 15 is 0 Å². The Bertz CT molecular complexity index is 4880. The predicted molar refractivity (Wildman–Crippen MR) is 340 cm³/mol. The van der Waals surface area contributed by atoms with Crippen molar-refractivity contribution in [2.24, 2.45) is 0 Å². The molecular weight excluding hydrogens is 1000 g/mol. The summed E-state index contributed by atoms with van der Waals surface area (Å²) in [5, 5.41) is 7.06. The number of hydrogen-bond donors (Lipinski definition) is 0. The normalized spacial score (nSPS) is 16.0. The van der Waals surface area contributed by atoms with Gasteiger partial charge >= 0.3 is 0 Å². The van der Waals surface area contributed by atoms with Crippen molar-refractivity contribution in [1.29, 1.82) is 0 Å². The lowest BCUT2D eigenvalue weighted by Crippen LogP contribution is -2.33. The summed E-state index contributed by atoms with van der Waals surface area (Å²) < 4.78 is 13.3. The Labute approximate surface area is 483 Å². The second kappa shape index (κ2) is 17.8. The summed E-state index contributed by atoms with van der Waals surface area (Å²) in [5.74, 6) is 4.27. The Morgan fingerprint density at radius 2 is 0.807 bits per heavy atom. The molecule has 0 amide bonds. The molecule has 83 heavy (non-hydrogen) atoms. The number of rotatable bonds is 7. The van der Waals surface area contributed by atoms with E-state index in [2.05, 4.69) is 286 Å². The van der Waals surface area contributed by atoms with Gasteiger partial charge in [0.1, 0.15) is 18.1 Å². The average Bonchev–Trinajstić information content (AvgIpc) is 2.17. The van der Waals surface area contributed by atoms with Crippen molar-refractivity contribution in [3.63, 3.8) is 0 Å². The van der Waals surface area contributed by atoms with Gasteiger partial charge in [-0.2, -0.15) is 0 Å². The van der Waals surface area contributed by atoms with Crippen LogP contribution in [0.4, 0.5) is 0 Å². The molecule has 2 nitrogen and oxygen atoms in total. The van der Waals surface area contributed by atoms with Gasteiger partial charge in [0.05, 0.1) is 10.8 Å². The summed E-state index contributed by atoms with van der Waals surface area (Å²) in [6.07, 6.45) is 7.92. The zero-order chi connectivity index (χ0) is 55.0. The molecule has 388 valence electrons. The van der Waals surface area contributed by atoms with E-state index in [0.717, 1.165) is 39.0 Å². The first-order valence-electron chi connectivity index (χ1n) is 28.8. The third-order valence-corrected chi connectivity index (χ3v) is 18.8. The fourth-order valence-electron chi connectivity index (χ4n) is 15.4. The third kappa shape index (κ3) is 6.57. The van der Waals surface area contributed by atoms with Crippen LogP contribution in [0.1, 0.15) is 68.1 Å². The van der Waals surface area contributed by atoms with Crippen molar-refractivity contribution < 1.29 is 9.47 Å². The van der Waals surface area contributed by atoms with Gasteiger partial charge in [0.25, 0.3) is 0 Å². The van der Waals surface area contributed by atoms with Crippen molar-refractivity contribution >= 4 is 37.9 Å². The predicted octanol–water partition coefficient (Wildman–Crippen LogP) is 19.3. The highest BCUT2D eigenvalue weighted by Crippen LogP contribution is 2.60. The Balaban J connectivity index is 0.773. The van der Waals surface area contributed by atoms with Crippen LogP contribution in [0.5, 0.6) is 11.5 Å². The highest BCUT2D eigenvalue weighted by atomic mass is 16.5. The minimum absolute atomic E-state index is 0.235. The first kappa shape index (κ1) is 47.4. The zero-order valence-corrected chi connectivity index (χ0v) is 45.7. The SMILES string of the molecule is C#CCOc1ccc2cc(C3(c4ccc(-c5ccc(C6(c7ccc8c9c(ccc8c7)OC7(C=C9C)c8ccccc8-c8cc9ccccc9cc87)c7ccccc7-c7ccccc76)cc5)cc4)c4ccccc4-c4ccccc43)ccc2c1. The minimum atomic E-state index is -0.740. The number of ether oxygens (including phenoxy) is 2. The van der Waals surface area contributed by atoms with E-state index in [4.69, 9.17) is 15.9 Å². The molecule has 2 heteroatoms. The van der Waals surface area contributed by atoms with Crippen LogP contribution < -0.4 is 9.47 Å². The summed E-state index contributed by atoms with van der Waals surface area (Å²) >= 11 is 0. The standard InChI is InChI=1S/C81H52O2/c1-3-44-82-63-41-33-56-45-61(39-32-57(56)47-63)80(72-24-12-7-18-65(72)66-19-8-13-25-73(66)80)59-35-28-52(29-36-59)53-30-37-60(38-31-53)81(74-26-14-9-20-67(74)68-21-10-15-27-75(68)81)62-40-42-64-58(46-62)34-43-77-78(64)51(2)50-79(83-77)71-23-11-6-22-69(71)70-48-54-16-4-5-17-55(54)49-76(70)79/h1,4-43,45-50H,44H2,2H3. The van der Waals surface area contributed by atoms with Gasteiger partial charge in [0.2, 0.25) is 0 Å². The van der Waals surface area contributed by atoms with E-state index in [1.807, 2.05) is 6.07 Å². The highest BCUT2D eigenvalue weighted by molar-refractivity contribution is 6.01. The topological polar surface area (TPSA) is 18.5 Å². The molecule has 1 spiro atoms. The van der Waals surface area contributed by atoms with Crippen molar-refractivity contribution in [2.45, 2.75) is 23.4 Å². The zero-order valence-electron chi connectivity index (χ0n) is 45.7. The molecule has 1 aliphatic heterocycles. The summed E-state index contributed by atoms with van der Waals surface area (Å²) in [4.78, 5) is 0. The van der Waals surface area contributed by atoms with E-state index in [-0.39, 0.29) is 6.61 Å². The molecule has 0 bridgehead atoms. The maximum atomic E-state index is 7.45. The van der Waals surface area contributed by atoms with Gasteiger partial charge in [0, 0.05) is 16.7 Å². The number of fused-ring (bicyclic) bond motifs is 16. The van der Waals surface area contributed by atoms with E-state index in [1.54, 1.807) is 0 Å². The fraction of sp³-hybridized carbons (Fsp3) is 0.0617. The molecule has 4 aliphatic rings. The second-order valence-corrected chi connectivity index (χ2v) is 22.9. The minimum Gasteiger partial charge on any atom is -0.481 e. The van der Waals surface area contributed by atoms with Gasteiger partial charge in [-0.05, 0) is 182 Å². The monoisotopic (exact) mass is 1060 g/mol. The highest BCUT2D eigenvalue weighted by Gasteiger charge is 2.49. The maximum absolute atomic E-state index is 7.45. The molecule has 1 atom stereocenters. The van der Waals surface area contributed by atoms with Gasteiger partial charge < -0.3 is 9.47 Å². The third-order valence-electron chi connectivity index (χ3n) is 18.8. The van der Waals surface area contributed by atoms with Crippen molar-refractivity contribution in [3.05, 3.63) is 340 Å². The Morgan fingerprint density at radius 3 is 1.37 bits per heavy atom. The van der Waals surface area contributed by atoms with E-state index in [9.17, 15) is 0 Å². The average molecular weight is 1060 g/mol. The molecule has 13 aromatic rings. The maximum Gasteiger partial charge on any atom is 0.179 e. The summed E-state index contributed by atoms with van der Waals surface area (Å²) in [6.45, 7) is 2.50. The molecule has 0 saturated heterocycles. The van der Waals surface area contributed by atoms with Crippen LogP contribution in [0.2, 0.25) is 0 Å². The van der Waals surface area contributed by atoms with Crippen molar-refractivity contribution in [2.75, 3.05) is 6.61 Å². The number of terminal acetylenes is 1. The van der Waals surface area contributed by atoms with Gasteiger partial charge in [0.15, 0.2) is 5.60 Å². The van der Waals surface area contributed by atoms with Crippen molar-refractivity contribution in [3.8, 4) is 68.4 Å². The Kier molecular flexibility index (Phi) is 10.1. The largest absolute Gasteiger partial charge is 0.481 e. The van der Waals surface area contributed by atoms with Crippen LogP contribution in [0, 0.1) is 12.3 Å². The van der Waals surface area contributed by atoms with Crippen LogP contribution in [0.15, 0.2) is 279 Å². The molecule has 1 heterocycles. The van der Waals surface area contributed by atoms with Gasteiger partial charge in [-0.25, -0.2) is 0 Å². The van der Waals surface area contributed by atoms with Gasteiger partial charge in [-0.15, -0.1) is 6.42 Å². The quantitative estimate of drug-likeness (QED) is 0.148.